The third-order valence-electron chi connectivity index (χ3n) is 5.56. The number of carbonyl (C=O) groups excluding carboxylic acids is 2. The molecule has 0 aromatic carbocycles. The topological polar surface area (TPSA) is 196 Å². The van der Waals surface area contributed by atoms with Crippen LogP contribution in [0.2, 0.25) is 0 Å². The number of rotatable bonds is 13. The Morgan fingerprint density at radius 3 is 2.08 bits per heavy atom. The number of esters is 2. The number of nitrogens with one attached hydrogen (secondary N) is 2. The van der Waals surface area contributed by atoms with Crippen molar-refractivity contribution in [2.24, 2.45) is 0 Å². The van der Waals surface area contributed by atoms with Gasteiger partial charge >= 0.3 is 17.6 Å². The number of carbonyl (C=O) groups is 2. The molecule has 14 nitrogen and oxygen atoms in total. The third kappa shape index (κ3) is 8.22. The molecule has 6 N–H and O–H groups in total. The predicted molar refractivity (Wildman–Crippen MR) is 142 cm³/mol. The molecular weight excluding hydrogens is 579 g/mol. The first kappa shape index (κ1) is 34.1. The summed E-state index contributed by atoms with van der Waals surface area (Å²) in [6.45, 7) is 4.33. The molecule has 1 aliphatic heterocycles. The van der Waals surface area contributed by atoms with E-state index in [-0.39, 0.29) is 5.82 Å². The van der Waals surface area contributed by atoms with Gasteiger partial charge in [0.15, 0.2) is 18.4 Å². The second-order valence-corrected chi connectivity index (χ2v) is 13.2. The van der Waals surface area contributed by atoms with Crippen LogP contribution < -0.4 is 21.6 Å². The molecule has 0 spiro atoms. The summed E-state index contributed by atoms with van der Waals surface area (Å²) in [7, 11) is 0. The van der Waals surface area contributed by atoms with Crippen molar-refractivity contribution in [3.8, 4) is 0 Å². The molecule has 0 bridgehead atoms. The maximum Gasteiger partial charge on any atom is 0.351 e. The van der Waals surface area contributed by atoms with Gasteiger partial charge < -0.3 is 34.7 Å². The molecule has 0 radical (unpaired) electrons. The summed E-state index contributed by atoms with van der Waals surface area (Å²) < 4.78 is 51.0. The van der Waals surface area contributed by atoms with Crippen LogP contribution in [0.5, 0.6) is 0 Å². The molecule has 1 aromatic heterocycles. The van der Waals surface area contributed by atoms with Crippen LogP contribution >= 0.6 is 6.57 Å². The predicted octanol–water partition coefficient (Wildman–Crippen LogP) is 0.181. The van der Waals surface area contributed by atoms with Gasteiger partial charge in [0, 0.05) is 6.20 Å². The number of nitrogen functional groups attached to an aromatic ring is 1. The summed E-state index contributed by atoms with van der Waals surface area (Å²) in [5.41, 5.74) is 1.55. The molecular formula is C22H36F2N5O9PS. The smallest absolute Gasteiger partial charge is 0.351 e. The summed E-state index contributed by atoms with van der Waals surface area (Å²) in [4.78, 5) is 40.6. The number of nitrogens with zero attached hydrogens (tertiary/aromatic N) is 2. The number of aromatic nitrogens is 2. The zero-order valence-electron chi connectivity index (χ0n) is 22.8. The second kappa shape index (κ2) is 13.7. The van der Waals surface area contributed by atoms with Crippen LogP contribution in [-0.2, 0) is 40.1 Å². The molecule has 2 heterocycles. The monoisotopic (exact) mass is 615 g/mol. The molecule has 7 atom stereocenters. The van der Waals surface area contributed by atoms with Gasteiger partial charge in [-0.25, -0.2) is 23.7 Å². The van der Waals surface area contributed by atoms with E-state index in [2.05, 4.69) is 15.2 Å². The Hall–Kier alpha value is -2.11. The van der Waals surface area contributed by atoms with Gasteiger partial charge in [0.2, 0.25) is 0 Å². The molecule has 228 valence electrons. The largest absolute Gasteiger partial charge is 0.462 e. The summed E-state index contributed by atoms with van der Waals surface area (Å²) >= 11 is 5.54. The molecule has 18 heteroatoms. The van der Waals surface area contributed by atoms with Gasteiger partial charge in [-0.3, -0.25) is 14.2 Å². The normalized spacial score (nSPS) is 26.1. The van der Waals surface area contributed by atoms with Crippen molar-refractivity contribution in [1.82, 2.24) is 19.7 Å². The maximum absolute atomic E-state index is 14.5. The lowest BCUT2D eigenvalue weighted by Crippen LogP contribution is -2.53. The highest BCUT2D eigenvalue weighted by atomic mass is 32.4. The molecule has 0 saturated carbocycles. The molecule has 40 heavy (non-hydrogen) atoms. The molecule has 2 rings (SSSR count). The standard InChI is InChI=1S/C22H36F2N5O9PS/c1-10(2)36-18(32)12(5)27-39(40,28-13(6)19(33)37-11(3)4)35-9-22(20(23)24)16(31)15(30)17(38-22)29-8-7-14(25)26-21(29)34/h7-8,10-13,15-17,20,30-31H,9H2,1-6H3,(H2,25,26,34)(H2,27,28,40)/t12-,13+,15-,16+,17-,22-,39?/m0/s1. The Morgan fingerprint density at radius 2 is 1.65 bits per heavy atom. The van der Waals surface area contributed by atoms with Crippen molar-refractivity contribution in [3.63, 3.8) is 0 Å². The molecule has 0 amide bonds. The number of ether oxygens (including phenoxy) is 3. The number of halogens is 2. The first-order valence-corrected chi connectivity index (χ1v) is 15.0. The number of anilines is 1. The Bertz CT molecular complexity index is 1130. The van der Waals surface area contributed by atoms with Crippen molar-refractivity contribution in [3.05, 3.63) is 22.7 Å². The summed E-state index contributed by atoms with van der Waals surface area (Å²) in [6, 6.07) is -1.07. The summed E-state index contributed by atoms with van der Waals surface area (Å²) in [5, 5.41) is 26.6. The third-order valence-corrected chi connectivity index (χ3v) is 8.46. The Labute approximate surface area is 234 Å². The zero-order valence-corrected chi connectivity index (χ0v) is 24.5. The first-order valence-electron chi connectivity index (χ1n) is 12.3. The van der Waals surface area contributed by atoms with Crippen LogP contribution in [0, 0.1) is 0 Å². The Kier molecular flexibility index (Phi) is 11.7. The van der Waals surface area contributed by atoms with Gasteiger partial charge in [-0.2, -0.15) is 4.98 Å². The highest BCUT2D eigenvalue weighted by Crippen LogP contribution is 2.46. The first-order chi connectivity index (χ1) is 18.4. The van der Waals surface area contributed by atoms with E-state index in [1.807, 2.05) is 0 Å². The SMILES string of the molecule is CC(C)OC(=O)[C@H](C)NP(=S)(N[C@H](C)C(=O)OC(C)C)OC[C@]1(C(F)F)O[C@H](n2ccc(N)nc2=O)[C@@H](O)[C@H]1O. The van der Waals surface area contributed by atoms with Crippen LogP contribution in [0.25, 0.3) is 0 Å². The fourth-order valence-electron chi connectivity index (χ4n) is 3.60. The van der Waals surface area contributed by atoms with Gasteiger partial charge in [-0.05, 0) is 59.4 Å². The van der Waals surface area contributed by atoms with Crippen LogP contribution in [0.1, 0.15) is 47.8 Å². The van der Waals surface area contributed by atoms with E-state index in [1.165, 1.54) is 19.9 Å². The molecule has 1 unspecified atom stereocenters. The van der Waals surface area contributed by atoms with Crippen molar-refractivity contribution >= 4 is 36.1 Å². The van der Waals surface area contributed by atoms with Crippen molar-refractivity contribution in [2.45, 2.75) is 96.3 Å². The summed E-state index contributed by atoms with van der Waals surface area (Å²) in [6.07, 6.45) is -9.42. The number of aliphatic hydroxyl groups excluding tert-OH is 2. The zero-order chi connectivity index (χ0) is 30.6. The average Bonchev–Trinajstić information content (AvgIpc) is 3.08. The lowest BCUT2D eigenvalue weighted by molar-refractivity contribution is -0.191. The Balaban J connectivity index is 2.38. The molecule has 1 saturated heterocycles. The van der Waals surface area contributed by atoms with Gasteiger partial charge in [-0.1, -0.05) is 0 Å². The summed E-state index contributed by atoms with van der Waals surface area (Å²) in [5.74, 6) is -1.64. The van der Waals surface area contributed by atoms with E-state index in [1.54, 1.807) is 27.7 Å². The van der Waals surface area contributed by atoms with E-state index in [0.717, 1.165) is 6.20 Å². The van der Waals surface area contributed by atoms with Crippen molar-refractivity contribution in [1.29, 1.82) is 0 Å². The number of hydrogen-bond donors (Lipinski definition) is 5. The lowest BCUT2D eigenvalue weighted by atomic mass is 9.96. The number of alkyl halides is 2. The minimum Gasteiger partial charge on any atom is -0.462 e. The quantitative estimate of drug-likeness (QED) is 0.149. The van der Waals surface area contributed by atoms with Gasteiger partial charge in [-0.15, -0.1) is 0 Å². The average molecular weight is 616 g/mol. The number of nitrogens with two attached hydrogens (primary N) is 1. The second-order valence-electron chi connectivity index (χ2n) is 9.74. The van der Waals surface area contributed by atoms with Crippen molar-refractivity contribution in [2.75, 3.05) is 12.3 Å². The van der Waals surface area contributed by atoms with E-state index >= 15 is 0 Å². The van der Waals surface area contributed by atoms with Crippen LogP contribution in [0.4, 0.5) is 14.6 Å². The van der Waals surface area contributed by atoms with E-state index < -0.39 is 85.6 Å². The lowest BCUT2D eigenvalue weighted by Gasteiger charge is -2.35. The molecule has 1 fully saturated rings. The van der Waals surface area contributed by atoms with Crippen LogP contribution in [-0.4, -0.2) is 86.8 Å². The van der Waals surface area contributed by atoms with E-state index in [9.17, 15) is 33.4 Å². The minimum absolute atomic E-state index is 0.161. The van der Waals surface area contributed by atoms with Crippen LogP contribution in [0.15, 0.2) is 17.1 Å². The molecule has 0 aliphatic carbocycles. The van der Waals surface area contributed by atoms with Crippen molar-refractivity contribution < 1.29 is 47.3 Å². The Morgan fingerprint density at radius 1 is 1.15 bits per heavy atom. The maximum atomic E-state index is 14.5. The fraction of sp³-hybridized carbons (Fsp3) is 0.727. The number of aliphatic hydroxyl groups is 2. The minimum atomic E-state index is -3.79. The molecule has 1 aromatic rings. The van der Waals surface area contributed by atoms with Gasteiger partial charge in [0.1, 0.15) is 30.1 Å². The fourth-order valence-corrected chi connectivity index (χ4v) is 6.55. The van der Waals surface area contributed by atoms with Gasteiger partial charge in [0.05, 0.1) is 18.8 Å². The van der Waals surface area contributed by atoms with E-state index in [4.69, 9.17) is 36.3 Å². The van der Waals surface area contributed by atoms with E-state index in [0.29, 0.717) is 4.57 Å². The van der Waals surface area contributed by atoms with Gasteiger partial charge in [0.25, 0.3) is 6.43 Å². The number of hydrogen-bond acceptors (Lipinski definition) is 12. The highest BCUT2D eigenvalue weighted by Gasteiger charge is 2.61. The molecule has 1 aliphatic rings. The van der Waals surface area contributed by atoms with Crippen LogP contribution in [0.3, 0.4) is 0 Å². The highest BCUT2D eigenvalue weighted by molar-refractivity contribution is 8.10.